The fraction of sp³-hybridized carbons (Fsp3) is 0.400. The normalized spacial score (nSPS) is 19.0. The number of aromatic nitrogens is 2. The molecule has 0 aliphatic carbocycles. The molecule has 20 heavy (non-hydrogen) atoms. The lowest BCUT2D eigenvalue weighted by Crippen LogP contribution is -2.30. The van der Waals surface area contributed by atoms with Crippen molar-refractivity contribution in [3.05, 3.63) is 42.0 Å². The van der Waals surface area contributed by atoms with Gasteiger partial charge in [0.2, 0.25) is 0 Å². The molecule has 2 heterocycles. The Hall–Kier alpha value is -1.88. The van der Waals surface area contributed by atoms with Crippen LogP contribution in [-0.4, -0.2) is 29.0 Å². The highest BCUT2D eigenvalue weighted by Gasteiger charge is 2.17. The number of hydrogen-bond acceptors (Lipinski definition) is 3. The maximum atomic E-state index is 13.8. The summed E-state index contributed by atoms with van der Waals surface area (Å²) in [5, 5.41) is 7.71. The molecule has 1 N–H and O–H groups in total. The van der Waals surface area contributed by atoms with Crippen LogP contribution in [0.1, 0.15) is 18.5 Å². The molecule has 106 valence electrons. The molecule has 4 nitrogen and oxygen atoms in total. The van der Waals surface area contributed by atoms with Crippen molar-refractivity contribution < 1.29 is 9.13 Å². The monoisotopic (exact) mass is 275 g/mol. The van der Waals surface area contributed by atoms with Gasteiger partial charge < -0.3 is 10.1 Å². The zero-order valence-corrected chi connectivity index (χ0v) is 11.5. The summed E-state index contributed by atoms with van der Waals surface area (Å²) in [6.45, 7) is 3.49. The number of para-hydroxylation sites is 1. The van der Waals surface area contributed by atoms with Crippen molar-refractivity contribution in [1.29, 1.82) is 0 Å². The van der Waals surface area contributed by atoms with Crippen molar-refractivity contribution in [2.75, 3.05) is 18.5 Å². The van der Waals surface area contributed by atoms with Gasteiger partial charge in [0.05, 0.1) is 24.2 Å². The van der Waals surface area contributed by atoms with Crippen LogP contribution in [-0.2, 0) is 4.74 Å². The molecule has 1 aliphatic heterocycles. The third kappa shape index (κ3) is 2.54. The predicted molar refractivity (Wildman–Crippen MR) is 75.7 cm³/mol. The van der Waals surface area contributed by atoms with Crippen molar-refractivity contribution in [2.45, 2.75) is 25.8 Å². The molecule has 1 saturated heterocycles. The van der Waals surface area contributed by atoms with Crippen LogP contribution in [0.15, 0.2) is 30.5 Å². The van der Waals surface area contributed by atoms with Crippen LogP contribution in [0.3, 0.4) is 0 Å². The van der Waals surface area contributed by atoms with Gasteiger partial charge in [-0.2, -0.15) is 5.10 Å². The summed E-state index contributed by atoms with van der Waals surface area (Å²) in [7, 11) is 0. The zero-order valence-electron chi connectivity index (χ0n) is 11.5. The molecule has 3 rings (SSSR count). The summed E-state index contributed by atoms with van der Waals surface area (Å²) in [5.74, 6) is -0.272. The summed E-state index contributed by atoms with van der Waals surface area (Å²) in [6.07, 6.45) is 3.90. The molecule has 2 aromatic rings. The topological polar surface area (TPSA) is 39.1 Å². The van der Waals surface area contributed by atoms with Crippen molar-refractivity contribution in [3.8, 4) is 5.69 Å². The number of anilines is 1. The lowest BCUT2D eigenvalue weighted by Gasteiger charge is -2.23. The van der Waals surface area contributed by atoms with Crippen LogP contribution >= 0.6 is 0 Å². The van der Waals surface area contributed by atoms with Crippen molar-refractivity contribution in [2.24, 2.45) is 0 Å². The lowest BCUT2D eigenvalue weighted by atomic mass is 10.1. The average molecular weight is 275 g/mol. The number of hydrogen-bond donors (Lipinski definition) is 1. The molecule has 0 spiro atoms. The Kier molecular flexibility index (Phi) is 3.69. The van der Waals surface area contributed by atoms with Crippen LogP contribution in [0.4, 0.5) is 10.1 Å². The molecule has 1 fully saturated rings. The van der Waals surface area contributed by atoms with E-state index in [4.69, 9.17) is 4.74 Å². The highest BCUT2D eigenvalue weighted by atomic mass is 19.1. The Morgan fingerprint density at radius 3 is 3.00 bits per heavy atom. The molecule has 1 aromatic carbocycles. The molecular formula is C15H18FN3O. The molecule has 0 bridgehead atoms. The van der Waals surface area contributed by atoms with E-state index in [1.807, 2.05) is 13.0 Å². The van der Waals surface area contributed by atoms with Crippen LogP contribution in [0.25, 0.3) is 5.69 Å². The van der Waals surface area contributed by atoms with Gasteiger partial charge in [0, 0.05) is 12.6 Å². The molecule has 0 amide bonds. The van der Waals surface area contributed by atoms with Crippen LogP contribution < -0.4 is 5.32 Å². The first-order valence-corrected chi connectivity index (χ1v) is 6.89. The first-order valence-electron chi connectivity index (χ1n) is 6.89. The molecule has 1 aliphatic rings. The summed E-state index contributed by atoms with van der Waals surface area (Å²) in [4.78, 5) is 0. The zero-order chi connectivity index (χ0) is 13.9. The van der Waals surface area contributed by atoms with Crippen LogP contribution in [0, 0.1) is 12.7 Å². The Balaban J connectivity index is 1.83. The molecule has 1 aromatic heterocycles. The number of nitrogens with zero attached hydrogens (tertiary/aromatic N) is 2. The number of benzene rings is 1. The van der Waals surface area contributed by atoms with Crippen molar-refractivity contribution >= 4 is 5.69 Å². The quantitative estimate of drug-likeness (QED) is 0.936. The highest BCUT2D eigenvalue weighted by molar-refractivity contribution is 5.50. The van der Waals surface area contributed by atoms with E-state index in [1.54, 1.807) is 23.0 Å². The third-order valence-electron chi connectivity index (χ3n) is 3.61. The minimum atomic E-state index is -0.272. The summed E-state index contributed by atoms with van der Waals surface area (Å²) in [5.41, 5.74) is 2.31. The largest absolute Gasteiger partial charge is 0.379 e. The van der Waals surface area contributed by atoms with Crippen molar-refractivity contribution in [1.82, 2.24) is 9.78 Å². The molecule has 5 heteroatoms. The van der Waals surface area contributed by atoms with Crippen molar-refractivity contribution in [3.63, 3.8) is 0 Å². The first kappa shape index (κ1) is 13.1. The van der Waals surface area contributed by atoms with E-state index in [1.165, 1.54) is 6.07 Å². The second-order valence-corrected chi connectivity index (χ2v) is 5.07. The van der Waals surface area contributed by atoms with Gasteiger partial charge in [-0.15, -0.1) is 0 Å². The number of halogens is 1. The Morgan fingerprint density at radius 2 is 2.25 bits per heavy atom. The number of ether oxygens (including phenoxy) is 1. The second kappa shape index (κ2) is 5.63. The van der Waals surface area contributed by atoms with Gasteiger partial charge >= 0.3 is 0 Å². The van der Waals surface area contributed by atoms with E-state index in [0.29, 0.717) is 18.3 Å². The number of nitrogens with one attached hydrogen (secondary N) is 1. The third-order valence-corrected chi connectivity index (χ3v) is 3.61. The second-order valence-electron chi connectivity index (χ2n) is 5.07. The fourth-order valence-corrected chi connectivity index (χ4v) is 2.49. The molecular weight excluding hydrogens is 257 g/mol. The van der Waals surface area contributed by atoms with Gasteiger partial charge in [0.15, 0.2) is 0 Å². The van der Waals surface area contributed by atoms with E-state index in [0.717, 1.165) is 30.8 Å². The minimum absolute atomic E-state index is 0.272. The Bertz CT molecular complexity index is 591. The van der Waals surface area contributed by atoms with Gasteiger partial charge in [-0.25, -0.2) is 9.07 Å². The summed E-state index contributed by atoms with van der Waals surface area (Å²) in [6, 6.07) is 6.96. The smallest absolute Gasteiger partial charge is 0.148 e. The van der Waals surface area contributed by atoms with Gasteiger partial charge in [-0.05, 0) is 31.9 Å². The van der Waals surface area contributed by atoms with E-state index < -0.39 is 0 Å². The van der Waals surface area contributed by atoms with E-state index >= 15 is 0 Å². The Morgan fingerprint density at radius 1 is 1.40 bits per heavy atom. The van der Waals surface area contributed by atoms with Gasteiger partial charge in [-0.1, -0.05) is 12.1 Å². The van der Waals surface area contributed by atoms with Crippen LogP contribution in [0.2, 0.25) is 0 Å². The average Bonchev–Trinajstić information content (AvgIpc) is 2.82. The maximum Gasteiger partial charge on any atom is 0.148 e. The SMILES string of the molecule is Cc1c(N[C@H]2CCCOC2)cnn1-c1ccccc1F. The van der Waals surface area contributed by atoms with Gasteiger partial charge in [-0.3, -0.25) is 0 Å². The van der Waals surface area contributed by atoms with E-state index in [2.05, 4.69) is 10.4 Å². The fourth-order valence-electron chi connectivity index (χ4n) is 2.49. The summed E-state index contributed by atoms with van der Waals surface area (Å²) < 4.78 is 20.9. The highest BCUT2D eigenvalue weighted by Crippen LogP contribution is 2.22. The standard InChI is InChI=1S/C15H18FN3O/c1-11-14(18-12-5-4-8-20-10-12)9-17-19(11)15-7-3-2-6-13(15)16/h2-3,6-7,9,12,18H,4-5,8,10H2,1H3/t12-/m0/s1. The maximum absolute atomic E-state index is 13.8. The lowest BCUT2D eigenvalue weighted by molar-refractivity contribution is 0.0876. The molecule has 1 atom stereocenters. The minimum Gasteiger partial charge on any atom is -0.379 e. The Labute approximate surface area is 117 Å². The van der Waals surface area contributed by atoms with Crippen LogP contribution in [0.5, 0.6) is 0 Å². The number of rotatable bonds is 3. The van der Waals surface area contributed by atoms with Gasteiger partial charge in [0.1, 0.15) is 11.5 Å². The summed E-state index contributed by atoms with van der Waals surface area (Å²) >= 11 is 0. The van der Waals surface area contributed by atoms with Gasteiger partial charge in [0.25, 0.3) is 0 Å². The molecule has 0 unspecified atom stereocenters. The predicted octanol–water partition coefficient (Wildman–Crippen LogP) is 2.91. The molecule has 0 radical (unpaired) electrons. The molecule has 0 saturated carbocycles. The van der Waals surface area contributed by atoms with E-state index in [9.17, 15) is 4.39 Å². The first-order chi connectivity index (χ1) is 9.75. The van der Waals surface area contributed by atoms with E-state index in [-0.39, 0.29) is 5.82 Å².